The number of carbonyl (C=O) groups is 1. The molecule has 6 nitrogen and oxygen atoms in total. The van der Waals surface area contributed by atoms with Crippen molar-refractivity contribution in [2.75, 3.05) is 0 Å². The Morgan fingerprint density at radius 1 is 1.19 bits per heavy atom. The lowest BCUT2D eigenvalue weighted by atomic mass is 10.2. The van der Waals surface area contributed by atoms with Crippen LogP contribution in [0.25, 0.3) is 5.69 Å². The topological polar surface area (TPSA) is 69.0 Å². The fourth-order valence-corrected chi connectivity index (χ4v) is 2.84. The number of hydrogen-bond acceptors (Lipinski definition) is 4. The largest absolute Gasteiger partial charge is 0.475 e. The van der Waals surface area contributed by atoms with Gasteiger partial charge in [0.2, 0.25) is 5.88 Å². The van der Waals surface area contributed by atoms with Crippen molar-refractivity contribution < 1.29 is 9.53 Å². The second-order valence-corrected chi connectivity index (χ2v) is 7.30. The molecule has 1 aromatic carbocycles. The molecular weight excluding hydrogens is 408 g/mol. The Kier molecular flexibility index (Phi) is 5.91. The molecule has 0 fully saturated rings. The van der Waals surface area contributed by atoms with Gasteiger partial charge in [-0.25, -0.2) is 9.67 Å². The van der Waals surface area contributed by atoms with E-state index in [0.717, 1.165) is 21.4 Å². The molecule has 0 spiro atoms. The Hall–Kier alpha value is -2.67. The Morgan fingerprint density at radius 2 is 1.93 bits per heavy atom. The monoisotopic (exact) mass is 428 g/mol. The minimum atomic E-state index is -0.168. The molecule has 0 atom stereocenters. The van der Waals surface area contributed by atoms with E-state index in [4.69, 9.17) is 4.74 Å². The molecule has 0 radical (unpaired) electrons. The molecule has 0 unspecified atom stereocenters. The van der Waals surface area contributed by atoms with Gasteiger partial charge in [-0.05, 0) is 50.6 Å². The van der Waals surface area contributed by atoms with Gasteiger partial charge in [-0.1, -0.05) is 22.0 Å². The summed E-state index contributed by atoms with van der Waals surface area (Å²) in [5, 5.41) is 7.25. The summed E-state index contributed by atoms with van der Waals surface area (Å²) < 4.78 is 8.26. The van der Waals surface area contributed by atoms with E-state index in [1.165, 1.54) is 0 Å². The lowest BCUT2D eigenvalue weighted by Crippen LogP contribution is -2.23. The number of nitrogens with zero attached hydrogens (tertiary/aromatic N) is 3. The minimum absolute atomic E-state index is 0.0771. The lowest BCUT2D eigenvalue weighted by Gasteiger charge is -2.09. The third-order valence-corrected chi connectivity index (χ3v) is 4.46. The quantitative estimate of drug-likeness (QED) is 0.642. The van der Waals surface area contributed by atoms with Crippen LogP contribution in [-0.4, -0.2) is 26.8 Å². The molecule has 0 aliphatic rings. The van der Waals surface area contributed by atoms with Crippen molar-refractivity contribution in [1.82, 2.24) is 20.1 Å². The molecule has 3 rings (SSSR count). The number of halogens is 1. The molecule has 1 amide bonds. The summed E-state index contributed by atoms with van der Waals surface area (Å²) in [7, 11) is 0. The maximum Gasteiger partial charge on any atom is 0.255 e. The van der Waals surface area contributed by atoms with E-state index in [-0.39, 0.29) is 12.0 Å². The molecule has 0 bridgehead atoms. The summed E-state index contributed by atoms with van der Waals surface area (Å²) in [5.74, 6) is 0.407. The van der Waals surface area contributed by atoms with Gasteiger partial charge in [-0.2, -0.15) is 5.10 Å². The van der Waals surface area contributed by atoms with E-state index in [1.54, 1.807) is 23.1 Å². The van der Waals surface area contributed by atoms with Gasteiger partial charge < -0.3 is 10.1 Å². The first-order chi connectivity index (χ1) is 12.9. The van der Waals surface area contributed by atoms with Crippen LogP contribution in [0.1, 0.15) is 35.5 Å². The maximum atomic E-state index is 12.5. The van der Waals surface area contributed by atoms with Crippen molar-refractivity contribution in [3.05, 3.63) is 70.1 Å². The predicted octanol–water partition coefficient (Wildman–Crippen LogP) is 4.06. The van der Waals surface area contributed by atoms with Crippen molar-refractivity contribution in [2.45, 2.75) is 33.4 Å². The molecule has 0 aliphatic carbocycles. The second-order valence-electron chi connectivity index (χ2n) is 6.39. The van der Waals surface area contributed by atoms with E-state index in [9.17, 15) is 4.79 Å². The molecule has 140 valence electrons. The van der Waals surface area contributed by atoms with Crippen molar-refractivity contribution in [2.24, 2.45) is 0 Å². The molecule has 0 aliphatic heterocycles. The molecule has 2 aromatic heterocycles. The number of benzene rings is 1. The summed E-state index contributed by atoms with van der Waals surface area (Å²) in [6, 6.07) is 11.5. The highest BCUT2D eigenvalue weighted by Crippen LogP contribution is 2.17. The van der Waals surface area contributed by atoms with Crippen LogP contribution < -0.4 is 10.1 Å². The SMILES string of the molecule is Cc1c(C(=O)NCc2ccc(OC(C)C)nc2)cnn1-c1ccc(Br)cc1. The summed E-state index contributed by atoms with van der Waals surface area (Å²) in [5.41, 5.74) is 3.14. The Morgan fingerprint density at radius 3 is 2.56 bits per heavy atom. The van der Waals surface area contributed by atoms with Crippen LogP contribution in [0.5, 0.6) is 5.88 Å². The number of nitrogens with one attached hydrogen (secondary N) is 1. The minimum Gasteiger partial charge on any atom is -0.475 e. The van der Waals surface area contributed by atoms with Gasteiger partial charge in [0, 0.05) is 23.3 Å². The van der Waals surface area contributed by atoms with Crippen LogP contribution in [0.2, 0.25) is 0 Å². The standard InChI is InChI=1S/C20H21BrN4O2/c1-13(2)27-19-9-4-15(10-22-19)11-23-20(26)18-12-24-25(14(18)3)17-7-5-16(21)6-8-17/h4-10,12-13H,11H2,1-3H3,(H,23,26). The number of aromatic nitrogens is 3. The first-order valence-corrected chi connectivity index (χ1v) is 9.43. The summed E-state index contributed by atoms with van der Waals surface area (Å²) >= 11 is 3.42. The predicted molar refractivity (Wildman–Crippen MR) is 107 cm³/mol. The van der Waals surface area contributed by atoms with Crippen LogP contribution in [0.4, 0.5) is 0 Å². The number of ether oxygens (including phenoxy) is 1. The third-order valence-electron chi connectivity index (χ3n) is 3.93. The summed E-state index contributed by atoms with van der Waals surface area (Å²) in [6.45, 7) is 6.17. The van der Waals surface area contributed by atoms with Crippen molar-refractivity contribution in [3.63, 3.8) is 0 Å². The number of carbonyl (C=O) groups excluding carboxylic acids is 1. The fourth-order valence-electron chi connectivity index (χ4n) is 2.58. The average Bonchev–Trinajstić information content (AvgIpc) is 3.03. The van der Waals surface area contributed by atoms with Crippen molar-refractivity contribution in [3.8, 4) is 11.6 Å². The Labute approximate surface area is 166 Å². The molecule has 27 heavy (non-hydrogen) atoms. The molecule has 2 heterocycles. The highest BCUT2D eigenvalue weighted by atomic mass is 79.9. The lowest BCUT2D eigenvalue weighted by molar-refractivity contribution is 0.0950. The molecule has 3 aromatic rings. The Balaban J connectivity index is 1.65. The Bertz CT molecular complexity index is 918. The van der Waals surface area contributed by atoms with Crippen molar-refractivity contribution in [1.29, 1.82) is 0 Å². The highest BCUT2D eigenvalue weighted by molar-refractivity contribution is 9.10. The van der Waals surface area contributed by atoms with Gasteiger partial charge in [0.05, 0.1) is 29.2 Å². The van der Waals surface area contributed by atoms with E-state index < -0.39 is 0 Å². The van der Waals surface area contributed by atoms with Crippen molar-refractivity contribution >= 4 is 21.8 Å². The number of rotatable bonds is 6. The van der Waals surface area contributed by atoms with E-state index in [2.05, 4.69) is 31.3 Å². The highest BCUT2D eigenvalue weighted by Gasteiger charge is 2.15. The van der Waals surface area contributed by atoms with Gasteiger partial charge in [0.15, 0.2) is 0 Å². The van der Waals surface area contributed by atoms with Crippen LogP contribution in [0, 0.1) is 6.92 Å². The first kappa shape index (κ1) is 19.1. The number of hydrogen-bond donors (Lipinski definition) is 1. The average molecular weight is 429 g/mol. The summed E-state index contributed by atoms with van der Waals surface area (Å²) in [6.07, 6.45) is 3.37. The summed E-state index contributed by atoms with van der Waals surface area (Å²) in [4.78, 5) is 16.8. The van der Waals surface area contributed by atoms with Gasteiger partial charge in [-0.3, -0.25) is 4.79 Å². The van der Waals surface area contributed by atoms with E-state index >= 15 is 0 Å². The smallest absolute Gasteiger partial charge is 0.255 e. The second kappa shape index (κ2) is 8.35. The number of amides is 1. The van der Waals surface area contributed by atoms with E-state index in [1.807, 2.05) is 51.1 Å². The fraction of sp³-hybridized carbons (Fsp3) is 0.250. The van der Waals surface area contributed by atoms with Crippen LogP contribution in [-0.2, 0) is 6.54 Å². The van der Waals surface area contributed by atoms with Gasteiger partial charge in [-0.15, -0.1) is 0 Å². The van der Waals surface area contributed by atoms with Crippen LogP contribution in [0.3, 0.4) is 0 Å². The molecule has 0 saturated heterocycles. The molecule has 7 heteroatoms. The molecule has 0 saturated carbocycles. The first-order valence-electron chi connectivity index (χ1n) is 8.64. The molecule has 1 N–H and O–H groups in total. The van der Waals surface area contributed by atoms with Gasteiger partial charge >= 0.3 is 0 Å². The zero-order valence-corrected chi connectivity index (χ0v) is 17.0. The van der Waals surface area contributed by atoms with E-state index in [0.29, 0.717) is 18.0 Å². The zero-order valence-electron chi connectivity index (χ0n) is 15.4. The van der Waals surface area contributed by atoms with Gasteiger partial charge in [0.1, 0.15) is 0 Å². The third kappa shape index (κ3) is 4.74. The van der Waals surface area contributed by atoms with Crippen LogP contribution >= 0.6 is 15.9 Å². The zero-order chi connectivity index (χ0) is 19.4. The molecular formula is C20H21BrN4O2. The van der Waals surface area contributed by atoms with Crippen LogP contribution in [0.15, 0.2) is 53.3 Å². The van der Waals surface area contributed by atoms with Gasteiger partial charge in [0.25, 0.3) is 5.91 Å². The number of pyridine rings is 1. The normalized spacial score (nSPS) is 10.9. The maximum absolute atomic E-state index is 12.5.